The van der Waals surface area contributed by atoms with Gasteiger partial charge in [-0.3, -0.25) is 4.79 Å². The van der Waals surface area contributed by atoms with Crippen molar-refractivity contribution in [3.8, 4) is 0 Å². The Labute approximate surface area is 113 Å². The second kappa shape index (κ2) is 10.1. The molecule has 0 aliphatic rings. The molecule has 18 heavy (non-hydrogen) atoms. The molecule has 1 atom stereocenters. The van der Waals surface area contributed by atoms with Crippen LogP contribution in [0.5, 0.6) is 0 Å². The van der Waals surface area contributed by atoms with E-state index in [-0.39, 0.29) is 24.4 Å². The lowest BCUT2D eigenvalue weighted by Gasteiger charge is -2.20. The van der Waals surface area contributed by atoms with Crippen LogP contribution >= 0.6 is 11.8 Å². The third-order valence-electron chi connectivity index (χ3n) is 2.58. The van der Waals surface area contributed by atoms with Gasteiger partial charge in [-0.25, -0.2) is 4.79 Å². The lowest BCUT2D eigenvalue weighted by Crippen LogP contribution is -2.45. The van der Waals surface area contributed by atoms with Crippen molar-refractivity contribution in [2.75, 3.05) is 18.6 Å². The van der Waals surface area contributed by atoms with Gasteiger partial charge in [-0.15, -0.1) is 0 Å². The first-order chi connectivity index (χ1) is 8.47. The summed E-state index contributed by atoms with van der Waals surface area (Å²) >= 11 is 1.79. The first-order valence-corrected chi connectivity index (χ1v) is 7.61. The number of carbonyl (C=O) groups is 2. The number of aliphatic carboxylic acids is 1. The third-order valence-corrected chi connectivity index (χ3v) is 3.27. The van der Waals surface area contributed by atoms with E-state index >= 15 is 0 Å². The van der Waals surface area contributed by atoms with E-state index in [9.17, 15) is 9.59 Å². The molecule has 0 saturated heterocycles. The zero-order chi connectivity index (χ0) is 14.0. The smallest absolute Gasteiger partial charge is 0.315 e. The number of unbranched alkanes of at least 4 members (excludes halogenated alkanes) is 1. The molecule has 106 valence electrons. The van der Waals surface area contributed by atoms with Crippen molar-refractivity contribution in [3.05, 3.63) is 0 Å². The molecule has 0 aliphatic carbocycles. The van der Waals surface area contributed by atoms with Crippen molar-refractivity contribution in [2.24, 2.45) is 5.92 Å². The van der Waals surface area contributed by atoms with Gasteiger partial charge < -0.3 is 15.7 Å². The Morgan fingerprint density at radius 1 is 1.28 bits per heavy atom. The number of nitrogens with one attached hydrogen (secondary N) is 2. The Hall–Kier alpha value is -0.910. The molecule has 0 aromatic carbocycles. The summed E-state index contributed by atoms with van der Waals surface area (Å²) in [5, 5.41) is 14.2. The Morgan fingerprint density at radius 3 is 2.44 bits per heavy atom. The highest BCUT2D eigenvalue weighted by Gasteiger charge is 2.18. The minimum atomic E-state index is -0.894. The normalized spacial score (nSPS) is 12.2. The first kappa shape index (κ1) is 17.1. The zero-order valence-corrected chi connectivity index (χ0v) is 12.2. The highest BCUT2D eigenvalue weighted by atomic mass is 32.2. The predicted molar refractivity (Wildman–Crippen MR) is 75.0 cm³/mol. The van der Waals surface area contributed by atoms with Crippen molar-refractivity contribution in [3.63, 3.8) is 0 Å². The number of carboxylic acids is 1. The molecule has 0 saturated carbocycles. The second-order valence-electron chi connectivity index (χ2n) is 4.55. The van der Waals surface area contributed by atoms with E-state index in [0.717, 1.165) is 18.6 Å². The summed E-state index contributed by atoms with van der Waals surface area (Å²) in [4.78, 5) is 22.2. The third kappa shape index (κ3) is 9.15. The fourth-order valence-corrected chi connectivity index (χ4v) is 1.93. The van der Waals surface area contributed by atoms with Gasteiger partial charge in [0.05, 0.1) is 6.42 Å². The predicted octanol–water partition coefficient (Wildman–Crippen LogP) is 1.93. The molecule has 0 heterocycles. The fraction of sp³-hybridized carbons (Fsp3) is 0.833. The maximum absolute atomic E-state index is 11.6. The maximum atomic E-state index is 11.6. The van der Waals surface area contributed by atoms with Crippen LogP contribution < -0.4 is 10.6 Å². The topological polar surface area (TPSA) is 78.4 Å². The molecule has 0 aromatic heterocycles. The van der Waals surface area contributed by atoms with E-state index in [1.54, 1.807) is 11.8 Å². The van der Waals surface area contributed by atoms with E-state index in [2.05, 4.69) is 16.9 Å². The number of rotatable bonds is 9. The van der Waals surface area contributed by atoms with Crippen LogP contribution in [0.4, 0.5) is 4.79 Å². The van der Waals surface area contributed by atoms with E-state index < -0.39 is 5.97 Å². The first-order valence-electron chi connectivity index (χ1n) is 6.22. The molecule has 0 rings (SSSR count). The molecule has 0 aliphatic heterocycles. The Kier molecular flexibility index (Phi) is 9.55. The van der Waals surface area contributed by atoms with Crippen molar-refractivity contribution in [1.29, 1.82) is 0 Å². The Bertz CT molecular complexity index is 260. The largest absolute Gasteiger partial charge is 0.481 e. The summed E-state index contributed by atoms with van der Waals surface area (Å²) in [6.07, 6.45) is 4.03. The minimum absolute atomic E-state index is 0.0441. The average Bonchev–Trinajstić information content (AvgIpc) is 2.27. The molecule has 0 bridgehead atoms. The van der Waals surface area contributed by atoms with Crippen LogP contribution in [0.1, 0.15) is 33.1 Å². The van der Waals surface area contributed by atoms with Gasteiger partial charge in [0.1, 0.15) is 0 Å². The standard InChI is InChI=1S/C12H24N2O3S/c1-9(2)10(8-11(15)16)14-12(17)13-6-4-5-7-18-3/h9-10H,4-8H2,1-3H3,(H,15,16)(H2,13,14,17). The van der Waals surface area contributed by atoms with Crippen LogP contribution in [0.2, 0.25) is 0 Å². The number of carboxylic acid groups (broad SMARTS) is 1. The summed E-state index contributed by atoms with van der Waals surface area (Å²) < 4.78 is 0. The van der Waals surface area contributed by atoms with Crippen LogP contribution in [-0.2, 0) is 4.79 Å². The average molecular weight is 276 g/mol. The van der Waals surface area contributed by atoms with E-state index in [1.165, 1.54) is 0 Å². The highest BCUT2D eigenvalue weighted by molar-refractivity contribution is 7.98. The second-order valence-corrected chi connectivity index (χ2v) is 5.53. The quantitative estimate of drug-likeness (QED) is 0.562. The number of amides is 2. The molecule has 0 fully saturated rings. The number of urea groups is 1. The minimum Gasteiger partial charge on any atom is -0.481 e. The fourth-order valence-electron chi connectivity index (χ4n) is 1.43. The van der Waals surface area contributed by atoms with Gasteiger partial charge >= 0.3 is 12.0 Å². The van der Waals surface area contributed by atoms with Gasteiger partial charge in [-0.1, -0.05) is 13.8 Å². The van der Waals surface area contributed by atoms with E-state index in [4.69, 9.17) is 5.11 Å². The highest BCUT2D eigenvalue weighted by Crippen LogP contribution is 2.05. The molecule has 2 amide bonds. The molecular formula is C12H24N2O3S. The van der Waals surface area contributed by atoms with Crippen molar-refractivity contribution >= 4 is 23.8 Å². The summed E-state index contributed by atoms with van der Waals surface area (Å²) in [5.74, 6) is 0.300. The van der Waals surface area contributed by atoms with E-state index in [0.29, 0.717) is 6.54 Å². The van der Waals surface area contributed by atoms with Crippen LogP contribution in [0.15, 0.2) is 0 Å². The maximum Gasteiger partial charge on any atom is 0.315 e. The van der Waals surface area contributed by atoms with Crippen molar-refractivity contribution in [1.82, 2.24) is 10.6 Å². The molecule has 0 radical (unpaired) electrons. The lowest BCUT2D eigenvalue weighted by atomic mass is 10.0. The van der Waals surface area contributed by atoms with Gasteiger partial charge in [0.15, 0.2) is 0 Å². The molecular weight excluding hydrogens is 252 g/mol. The number of hydrogen-bond acceptors (Lipinski definition) is 3. The molecule has 0 aromatic rings. The number of hydrogen-bond donors (Lipinski definition) is 3. The Morgan fingerprint density at radius 2 is 1.94 bits per heavy atom. The summed E-state index contributed by atoms with van der Waals surface area (Å²) in [5.41, 5.74) is 0. The number of thioether (sulfide) groups is 1. The summed E-state index contributed by atoms with van der Waals surface area (Å²) in [6.45, 7) is 4.42. The Balaban J connectivity index is 3.84. The van der Waals surface area contributed by atoms with Crippen LogP contribution in [-0.4, -0.2) is 41.7 Å². The van der Waals surface area contributed by atoms with E-state index in [1.807, 2.05) is 13.8 Å². The lowest BCUT2D eigenvalue weighted by molar-refractivity contribution is -0.137. The molecule has 0 spiro atoms. The molecule has 1 unspecified atom stereocenters. The van der Waals surface area contributed by atoms with Gasteiger partial charge in [0, 0.05) is 12.6 Å². The van der Waals surface area contributed by atoms with Crippen LogP contribution in [0.3, 0.4) is 0 Å². The SMILES string of the molecule is CSCCCCNC(=O)NC(CC(=O)O)C(C)C. The molecule has 5 nitrogen and oxygen atoms in total. The molecule has 6 heteroatoms. The number of carbonyl (C=O) groups excluding carboxylic acids is 1. The van der Waals surface area contributed by atoms with Crippen LogP contribution in [0.25, 0.3) is 0 Å². The van der Waals surface area contributed by atoms with Gasteiger partial charge in [0.25, 0.3) is 0 Å². The van der Waals surface area contributed by atoms with Crippen molar-refractivity contribution < 1.29 is 14.7 Å². The van der Waals surface area contributed by atoms with Gasteiger partial charge in [-0.2, -0.15) is 11.8 Å². The van der Waals surface area contributed by atoms with Crippen molar-refractivity contribution in [2.45, 2.75) is 39.2 Å². The van der Waals surface area contributed by atoms with Crippen LogP contribution in [0, 0.1) is 5.92 Å². The van der Waals surface area contributed by atoms with Gasteiger partial charge in [-0.05, 0) is 30.8 Å². The van der Waals surface area contributed by atoms with Gasteiger partial charge in [0.2, 0.25) is 0 Å². The summed E-state index contributed by atoms with van der Waals surface area (Å²) in [6, 6.07) is -0.604. The monoisotopic (exact) mass is 276 g/mol. The zero-order valence-electron chi connectivity index (χ0n) is 11.4. The summed E-state index contributed by atoms with van der Waals surface area (Å²) in [7, 11) is 0. The molecule has 3 N–H and O–H groups in total.